The third-order valence-corrected chi connectivity index (χ3v) is 2.25. The molecule has 4 nitrogen and oxygen atoms in total. The standard InChI is InChI=1S/C14H17F2N3O.HI/c1-3-8-18-14(17-4-2)19-10-11-6-5-7-12(9-11)20-13(15)16;/h1,5-7,9,13H,4,8,10H2,2H3,(H2,17,18,19);1H. The number of alkyl halides is 2. The zero-order valence-corrected chi connectivity index (χ0v) is 13.9. The lowest BCUT2D eigenvalue weighted by Gasteiger charge is -2.09. The molecular weight excluding hydrogens is 391 g/mol. The zero-order chi connectivity index (χ0) is 14.8. The van der Waals surface area contributed by atoms with Crippen molar-refractivity contribution in [1.82, 2.24) is 10.6 Å². The highest BCUT2D eigenvalue weighted by atomic mass is 127. The van der Waals surface area contributed by atoms with Crippen LogP contribution >= 0.6 is 24.0 Å². The predicted molar refractivity (Wildman–Crippen MR) is 90.1 cm³/mol. The number of aliphatic imine (C=N–C) groups is 1. The first-order valence-electron chi connectivity index (χ1n) is 6.15. The molecule has 0 aliphatic carbocycles. The van der Waals surface area contributed by atoms with Gasteiger partial charge in [0.1, 0.15) is 5.75 Å². The molecule has 0 spiro atoms. The molecular formula is C14H18F2IN3O. The summed E-state index contributed by atoms with van der Waals surface area (Å²) >= 11 is 0. The molecule has 1 aromatic carbocycles. The van der Waals surface area contributed by atoms with Crippen molar-refractivity contribution in [3.63, 3.8) is 0 Å². The van der Waals surface area contributed by atoms with Crippen LogP contribution in [0.4, 0.5) is 8.78 Å². The molecule has 0 bridgehead atoms. The maximum absolute atomic E-state index is 12.1. The molecule has 2 N–H and O–H groups in total. The van der Waals surface area contributed by atoms with Crippen LogP contribution in [-0.4, -0.2) is 25.7 Å². The minimum Gasteiger partial charge on any atom is -0.435 e. The third kappa shape index (κ3) is 8.34. The lowest BCUT2D eigenvalue weighted by molar-refractivity contribution is -0.0498. The molecule has 21 heavy (non-hydrogen) atoms. The minimum atomic E-state index is -2.83. The predicted octanol–water partition coefficient (Wildman–Crippen LogP) is 2.59. The molecule has 0 radical (unpaired) electrons. The van der Waals surface area contributed by atoms with Crippen LogP contribution in [-0.2, 0) is 6.54 Å². The highest BCUT2D eigenvalue weighted by Gasteiger charge is 2.04. The highest BCUT2D eigenvalue weighted by molar-refractivity contribution is 14.0. The van der Waals surface area contributed by atoms with Crippen molar-refractivity contribution >= 4 is 29.9 Å². The number of guanidine groups is 1. The summed E-state index contributed by atoms with van der Waals surface area (Å²) in [7, 11) is 0. The summed E-state index contributed by atoms with van der Waals surface area (Å²) in [6.45, 7) is 0.499. The molecule has 0 heterocycles. The second kappa shape index (κ2) is 11.1. The van der Waals surface area contributed by atoms with Crippen LogP contribution in [0.1, 0.15) is 12.5 Å². The molecule has 1 aromatic rings. The Hall–Kier alpha value is -1.56. The Labute approximate surface area is 140 Å². The maximum Gasteiger partial charge on any atom is 0.387 e. The number of rotatable bonds is 6. The topological polar surface area (TPSA) is 45.7 Å². The van der Waals surface area contributed by atoms with E-state index in [2.05, 4.69) is 26.3 Å². The van der Waals surface area contributed by atoms with E-state index >= 15 is 0 Å². The van der Waals surface area contributed by atoms with Gasteiger partial charge in [-0.1, -0.05) is 18.1 Å². The summed E-state index contributed by atoms with van der Waals surface area (Å²) in [5.74, 6) is 3.14. The van der Waals surface area contributed by atoms with Gasteiger partial charge in [0.15, 0.2) is 5.96 Å². The Morgan fingerprint density at radius 2 is 2.19 bits per heavy atom. The molecule has 7 heteroatoms. The Morgan fingerprint density at radius 1 is 1.43 bits per heavy atom. The molecule has 0 atom stereocenters. The number of benzene rings is 1. The normalized spacial score (nSPS) is 10.5. The van der Waals surface area contributed by atoms with Gasteiger partial charge >= 0.3 is 6.61 Å². The van der Waals surface area contributed by atoms with Crippen molar-refractivity contribution in [1.29, 1.82) is 0 Å². The van der Waals surface area contributed by atoms with Gasteiger partial charge < -0.3 is 15.4 Å². The number of hydrogen-bond donors (Lipinski definition) is 2. The van der Waals surface area contributed by atoms with E-state index in [-0.39, 0.29) is 29.7 Å². The smallest absolute Gasteiger partial charge is 0.387 e. The van der Waals surface area contributed by atoms with Gasteiger partial charge in [0.2, 0.25) is 0 Å². The fourth-order valence-electron chi connectivity index (χ4n) is 1.47. The Balaban J connectivity index is 0.00000400. The molecule has 1 rings (SSSR count). The van der Waals surface area contributed by atoms with Crippen LogP contribution in [0.15, 0.2) is 29.3 Å². The number of terminal acetylenes is 1. The maximum atomic E-state index is 12.1. The highest BCUT2D eigenvalue weighted by Crippen LogP contribution is 2.16. The Morgan fingerprint density at radius 3 is 2.81 bits per heavy atom. The van der Waals surface area contributed by atoms with Crippen LogP contribution in [0.2, 0.25) is 0 Å². The molecule has 0 aliphatic rings. The summed E-state index contributed by atoms with van der Waals surface area (Å²) in [5.41, 5.74) is 0.765. The molecule has 116 valence electrons. The zero-order valence-electron chi connectivity index (χ0n) is 11.6. The van der Waals surface area contributed by atoms with Crippen molar-refractivity contribution in [2.45, 2.75) is 20.1 Å². The molecule has 0 aromatic heterocycles. The minimum absolute atomic E-state index is 0. The molecule has 0 aliphatic heterocycles. The van der Waals surface area contributed by atoms with Gasteiger partial charge in [-0.2, -0.15) is 8.78 Å². The van der Waals surface area contributed by atoms with Gasteiger partial charge in [0, 0.05) is 6.54 Å². The summed E-state index contributed by atoms with van der Waals surface area (Å²) < 4.78 is 28.6. The number of ether oxygens (including phenoxy) is 1. The third-order valence-electron chi connectivity index (χ3n) is 2.25. The van der Waals surface area contributed by atoms with Gasteiger partial charge in [0.05, 0.1) is 13.1 Å². The van der Waals surface area contributed by atoms with Crippen LogP contribution in [0.5, 0.6) is 5.75 Å². The molecule has 0 saturated heterocycles. The van der Waals surface area contributed by atoms with E-state index in [1.807, 2.05) is 6.92 Å². The van der Waals surface area contributed by atoms with Gasteiger partial charge in [0.25, 0.3) is 0 Å². The van der Waals surface area contributed by atoms with E-state index in [9.17, 15) is 8.78 Å². The van der Waals surface area contributed by atoms with E-state index in [1.54, 1.807) is 12.1 Å². The quantitative estimate of drug-likeness (QED) is 0.329. The number of nitrogens with zero attached hydrogens (tertiary/aromatic N) is 1. The SMILES string of the molecule is C#CCNC(=NCc1cccc(OC(F)F)c1)NCC.I. The van der Waals surface area contributed by atoms with E-state index in [0.717, 1.165) is 5.56 Å². The molecule has 0 unspecified atom stereocenters. The fraction of sp³-hybridized carbons (Fsp3) is 0.357. The second-order valence-electron chi connectivity index (χ2n) is 3.78. The number of halogens is 3. The van der Waals surface area contributed by atoms with Crippen molar-refractivity contribution in [2.75, 3.05) is 13.1 Å². The summed E-state index contributed by atoms with van der Waals surface area (Å²) in [6.07, 6.45) is 5.16. The second-order valence-corrected chi connectivity index (χ2v) is 3.78. The first-order valence-corrected chi connectivity index (χ1v) is 6.15. The summed E-state index contributed by atoms with van der Waals surface area (Å²) in [5, 5.41) is 5.97. The average molecular weight is 409 g/mol. The average Bonchev–Trinajstić information content (AvgIpc) is 2.41. The summed E-state index contributed by atoms with van der Waals surface area (Å²) in [4.78, 5) is 4.30. The molecule has 0 amide bonds. The molecule has 0 fully saturated rings. The van der Waals surface area contributed by atoms with Crippen LogP contribution in [0.25, 0.3) is 0 Å². The molecule has 0 saturated carbocycles. The van der Waals surface area contributed by atoms with Crippen LogP contribution in [0, 0.1) is 12.3 Å². The van der Waals surface area contributed by atoms with Gasteiger partial charge in [-0.25, -0.2) is 4.99 Å². The van der Waals surface area contributed by atoms with E-state index in [0.29, 0.717) is 25.6 Å². The van der Waals surface area contributed by atoms with E-state index in [4.69, 9.17) is 6.42 Å². The summed E-state index contributed by atoms with van der Waals surface area (Å²) in [6, 6.07) is 6.43. The first kappa shape index (κ1) is 19.4. The van der Waals surface area contributed by atoms with E-state index < -0.39 is 6.61 Å². The number of hydrogen-bond acceptors (Lipinski definition) is 2. The largest absolute Gasteiger partial charge is 0.435 e. The van der Waals surface area contributed by atoms with Crippen molar-refractivity contribution in [3.05, 3.63) is 29.8 Å². The van der Waals surface area contributed by atoms with Crippen LogP contribution < -0.4 is 15.4 Å². The lowest BCUT2D eigenvalue weighted by Crippen LogP contribution is -2.37. The van der Waals surface area contributed by atoms with Gasteiger partial charge in [-0.05, 0) is 24.6 Å². The monoisotopic (exact) mass is 409 g/mol. The van der Waals surface area contributed by atoms with Gasteiger partial charge in [-0.3, -0.25) is 0 Å². The van der Waals surface area contributed by atoms with Crippen molar-refractivity contribution < 1.29 is 13.5 Å². The van der Waals surface area contributed by atoms with Gasteiger partial charge in [-0.15, -0.1) is 30.4 Å². The van der Waals surface area contributed by atoms with Crippen molar-refractivity contribution in [3.8, 4) is 18.1 Å². The van der Waals surface area contributed by atoms with E-state index in [1.165, 1.54) is 12.1 Å². The van der Waals surface area contributed by atoms with Crippen molar-refractivity contribution in [2.24, 2.45) is 4.99 Å². The first-order chi connectivity index (χ1) is 9.65. The fourth-order valence-corrected chi connectivity index (χ4v) is 1.47. The Bertz CT molecular complexity index is 489. The lowest BCUT2D eigenvalue weighted by atomic mass is 10.2. The number of nitrogens with one attached hydrogen (secondary N) is 2. The Kier molecular flexibility index (Phi) is 10.3. The van der Waals surface area contributed by atoms with Crippen LogP contribution in [0.3, 0.4) is 0 Å².